The highest BCUT2D eigenvalue weighted by Gasteiger charge is 2.19. The first-order valence-corrected chi connectivity index (χ1v) is 5.35. The topological polar surface area (TPSA) is 15.3 Å². The van der Waals surface area contributed by atoms with Crippen LogP contribution in [-0.2, 0) is 0 Å². The zero-order valence-corrected chi connectivity index (χ0v) is 8.96. The van der Waals surface area contributed by atoms with Crippen LogP contribution in [0.5, 0.6) is 0 Å². The fourth-order valence-corrected chi connectivity index (χ4v) is 1.89. The van der Waals surface area contributed by atoms with Crippen LogP contribution in [0.25, 0.3) is 0 Å². The molecule has 1 heterocycles. The number of anilines is 1. The summed E-state index contributed by atoms with van der Waals surface area (Å²) < 4.78 is 0. The third kappa shape index (κ3) is 2.07. The number of hydrogen-bond acceptors (Lipinski definition) is 2. The predicted molar refractivity (Wildman–Crippen MR) is 60.2 cm³/mol. The average Bonchev–Trinajstić information content (AvgIpc) is 2.56. The second-order valence-corrected chi connectivity index (χ2v) is 4.16. The molecule has 2 rings (SSSR count). The number of benzene rings is 1. The highest BCUT2D eigenvalue weighted by molar-refractivity contribution is 5.43. The van der Waals surface area contributed by atoms with Crippen LogP contribution in [0.1, 0.15) is 25.3 Å². The molecule has 1 unspecified atom stereocenters. The van der Waals surface area contributed by atoms with Crippen LogP contribution in [0.15, 0.2) is 24.3 Å². The molecule has 14 heavy (non-hydrogen) atoms. The summed E-state index contributed by atoms with van der Waals surface area (Å²) in [7, 11) is 0. The number of hydrogen-bond donors (Lipinski definition) is 1. The van der Waals surface area contributed by atoms with Crippen molar-refractivity contribution < 1.29 is 0 Å². The maximum Gasteiger partial charge on any atom is 0.0490 e. The number of nitrogens with zero attached hydrogens (tertiary/aromatic N) is 1. The second kappa shape index (κ2) is 4.01. The van der Waals surface area contributed by atoms with Gasteiger partial charge in [0.25, 0.3) is 0 Å². The summed E-state index contributed by atoms with van der Waals surface area (Å²) in [5.74, 6) is 0. The molecule has 0 aliphatic carbocycles. The van der Waals surface area contributed by atoms with Gasteiger partial charge in [-0.25, -0.2) is 5.01 Å². The molecule has 1 aliphatic rings. The monoisotopic (exact) mass is 190 g/mol. The summed E-state index contributed by atoms with van der Waals surface area (Å²) in [6.07, 6.45) is 2.61. The van der Waals surface area contributed by atoms with Crippen molar-refractivity contribution in [3.8, 4) is 0 Å². The molecule has 2 heteroatoms. The molecule has 1 aromatic carbocycles. The van der Waals surface area contributed by atoms with E-state index in [1.165, 1.54) is 24.1 Å². The van der Waals surface area contributed by atoms with Gasteiger partial charge in [0.1, 0.15) is 0 Å². The molecule has 0 saturated carbocycles. The first-order valence-electron chi connectivity index (χ1n) is 5.35. The summed E-state index contributed by atoms with van der Waals surface area (Å²) in [5.41, 5.74) is 5.96. The summed E-state index contributed by atoms with van der Waals surface area (Å²) >= 11 is 0. The van der Waals surface area contributed by atoms with Crippen LogP contribution in [0.4, 0.5) is 5.69 Å². The molecule has 76 valence electrons. The largest absolute Gasteiger partial charge is 0.319 e. The van der Waals surface area contributed by atoms with Crippen molar-refractivity contribution in [3.63, 3.8) is 0 Å². The maximum atomic E-state index is 3.45. The summed E-state index contributed by atoms with van der Waals surface area (Å²) in [6, 6.07) is 9.23. The van der Waals surface area contributed by atoms with Crippen LogP contribution in [-0.4, -0.2) is 17.6 Å². The standard InChI is InChI=1S/C12H18N2/c1-10-5-7-12(8-6-10)13-14-9-3-4-11(14)2/h5-8,11,13H,3-4,9H2,1-2H3. The average molecular weight is 190 g/mol. The van der Waals surface area contributed by atoms with Gasteiger partial charge in [0.2, 0.25) is 0 Å². The van der Waals surface area contributed by atoms with E-state index < -0.39 is 0 Å². The highest BCUT2D eigenvalue weighted by Crippen LogP contribution is 2.18. The molecule has 1 fully saturated rings. The molecule has 0 amide bonds. The fourth-order valence-electron chi connectivity index (χ4n) is 1.89. The van der Waals surface area contributed by atoms with E-state index >= 15 is 0 Å². The minimum atomic E-state index is 0.663. The SMILES string of the molecule is Cc1ccc(NN2CCCC2C)cc1. The first-order chi connectivity index (χ1) is 6.75. The Morgan fingerprint density at radius 1 is 1.29 bits per heavy atom. The van der Waals surface area contributed by atoms with E-state index in [1.807, 2.05) is 0 Å². The van der Waals surface area contributed by atoms with Crippen molar-refractivity contribution in [3.05, 3.63) is 29.8 Å². The Hall–Kier alpha value is -1.02. The van der Waals surface area contributed by atoms with Gasteiger partial charge >= 0.3 is 0 Å². The Morgan fingerprint density at radius 3 is 2.57 bits per heavy atom. The first kappa shape index (κ1) is 9.53. The quantitative estimate of drug-likeness (QED) is 0.771. The van der Waals surface area contributed by atoms with Gasteiger partial charge in [-0.3, -0.25) is 0 Å². The molecule has 1 saturated heterocycles. The predicted octanol–water partition coefficient (Wildman–Crippen LogP) is 2.81. The Labute approximate surface area is 85.9 Å². The summed E-state index contributed by atoms with van der Waals surface area (Å²) in [6.45, 7) is 5.55. The van der Waals surface area contributed by atoms with Gasteiger partial charge in [0.15, 0.2) is 0 Å². The Bertz CT molecular complexity index is 292. The van der Waals surface area contributed by atoms with Gasteiger partial charge in [0.05, 0.1) is 0 Å². The second-order valence-electron chi connectivity index (χ2n) is 4.16. The van der Waals surface area contributed by atoms with E-state index in [2.05, 4.69) is 48.5 Å². The third-order valence-electron chi connectivity index (χ3n) is 2.88. The summed E-state index contributed by atoms with van der Waals surface area (Å²) in [4.78, 5) is 0. The van der Waals surface area contributed by atoms with Gasteiger partial charge in [-0.2, -0.15) is 0 Å². The van der Waals surface area contributed by atoms with Gasteiger partial charge in [0, 0.05) is 18.3 Å². The molecule has 1 N–H and O–H groups in total. The van der Waals surface area contributed by atoms with Crippen LogP contribution < -0.4 is 5.43 Å². The lowest BCUT2D eigenvalue weighted by Gasteiger charge is -2.23. The van der Waals surface area contributed by atoms with E-state index in [-0.39, 0.29) is 0 Å². The highest BCUT2D eigenvalue weighted by atomic mass is 15.5. The smallest absolute Gasteiger partial charge is 0.0490 e. The zero-order chi connectivity index (χ0) is 9.97. The van der Waals surface area contributed by atoms with Crippen molar-refractivity contribution in [1.82, 2.24) is 5.01 Å². The molecule has 0 radical (unpaired) electrons. The molecular weight excluding hydrogens is 172 g/mol. The number of hydrazine groups is 1. The molecule has 1 aromatic rings. The molecule has 2 nitrogen and oxygen atoms in total. The molecule has 0 bridgehead atoms. The van der Waals surface area contributed by atoms with Crippen molar-refractivity contribution in [2.45, 2.75) is 32.7 Å². The lowest BCUT2D eigenvalue weighted by atomic mass is 10.2. The van der Waals surface area contributed by atoms with Gasteiger partial charge < -0.3 is 5.43 Å². The van der Waals surface area contributed by atoms with Crippen molar-refractivity contribution in [2.75, 3.05) is 12.0 Å². The number of rotatable bonds is 2. The molecule has 1 aliphatic heterocycles. The molecular formula is C12H18N2. The lowest BCUT2D eigenvalue weighted by molar-refractivity contribution is 0.325. The van der Waals surface area contributed by atoms with E-state index in [1.54, 1.807) is 0 Å². The Kier molecular flexibility index (Phi) is 2.73. The van der Waals surface area contributed by atoms with E-state index in [0.29, 0.717) is 6.04 Å². The number of aryl methyl sites for hydroxylation is 1. The van der Waals surface area contributed by atoms with E-state index in [4.69, 9.17) is 0 Å². The van der Waals surface area contributed by atoms with Crippen molar-refractivity contribution in [1.29, 1.82) is 0 Å². The van der Waals surface area contributed by atoms with Crippen LogP contribution in [0.2, 0.25) is 0 Å². The fraction of sp³-hybridized carbons (Fsp3) is 0.500. The molecule has 0 spiro atoms. The normalized spacial score (nSPS) is 22.6. The minimum Gasteiger partial charge on any atom is -0.319 e. The number of nitrogens with one attached hydrogen (secondary N) is 1. The maximum absolute atomic E-state index is 3.45. The Morgan fingerprint density at radius 2 is 2.00 bits per heavy atom. The molecule has 1 atom stereocenters. The van der Waals surface area contributed by atoms with Crippen LogP contribution in [0, 0.1) is 6.92 Å². The summed E-state index contributed by atoms with van der Waals surface area (Å²) in [5, 5.41) is 2.32. The van der Waals surface area contributed by atoms with Gasteiger partial charge in [-0.05, 0) is 38.8 Å². The third-order valence-corrected chi connectivity index (χ3v) is 2.88. The van der Waals surface area contributed by atoms with Crippen LogP contribution in [0.3, 0.4) is 0 Å². The lowest BCUT2D eigenvalue weighted by Crippen LogP contribution is -2.32. The van der Waals surface area contributed by atoms with Crippen molar-refractivity contribution >= 4 is 5.69 Å². The van der Waals surface area contributed by atoms with Crippen molar-refractivity contribution in [2.24, 2.45) is 0 Å². The minimum absolute atomic E-state index is 0.663. The Balaban J connectivity index is 2.00. The van der Waals surface area contributed by atoms with E-state index in [9.17, 15) is 0 Å². The molecule has 0 aromatic heterocycles. The van der Waals surface area contributed by atoms with Gasteiger partial charge in [-0.15, -0.1) is 0 Å². The zero-order valence-electron chi connectivity index (χ0n) is 8.96. The van der Waals surface area contributed by atoms with Crippen LogP contribution >= 0.6 is 0 Å². The van der Waals surface area contributed by atoms with Gasteiger partial charge in [-0.1, -0.05) is 17.7 Å². The van der Waals surface area contributed by atoms with E-state index in [0.717, 1.165) is 6.54 Å².